The number of nitrogens with zero attached hydrogens (tertiary/aromatic N) is 1. The predicted molar refractivity (Wildman–Crippen MR) is 89.8 cm³/mol. The fourth-order valence-electron chi connectivity index (χ4n) is 2.21. The van der Waals surface area contributed by atoms with Crippen molar-refractivity contribution in [1.82, 2.24) is 9.71 Å². The van der Waals surface area contributed by atoms with Crippen molar-refractivity contribution in [2.24, 2.45) is 0 Å². The van der Waals surface area contributed by atoms with Gasteiger partial charge in [-0.05, 0) is 37.6 Å². The van der Waals surface area contributed by atoms with Crippen LogP contribution in [-0.2, 0) is 26.8 Å². The molecule has 0 amide bonds. The van der Waals surface area contributed by atoms with Gasteiger partial charge in [-0.3, -0.25) is 4.79 Å². The number of nitrogens with one attached hydrogen (secondary N) is 1. The van der Waals surface area contributed by atoms with Crippen molar-refractivity contribution in [1.29, 1.82) is 0 Å². The maximum atomic E-state index is 12.8. The summed E-state index contributed by atoms with van der Waals surface area (Å²) < 4.78 is 33.2. The molecule has 0 saturated heterocycles. The fourth-order valence-corrected chi connectivity index (χ4v) is 4.60. The summed E-state index contributed by atoms with van der Waals surface area (Å²) in [4.78, 5) is 15.1. The van der Waals surface area contributed by atoms with Crippen LogP contribution in [0.1, 0.15) is 24.4 Å². The number of rotatable bonds is 7. The summed E-state index contributed by atoms with van der Waals surface area (Å²) in [5.41, 5.74) is -0.766. The lowest BCUT2D eigenvalue weighted by molar-refractivity contribution is -0.136. The molecule has 1 heterocycles. The summed E-state index contributed by atoms with van der Waals surface area (Å²) >= 11 is 1.33. The number of hydrogen-bond donors (Lipinski definition) is 2. The van der Waals surface area contributed by atoms with Crippen molar-refractivity contribution in [3.8, 4) is 5.75 Å². The third-order valence-electron chi connectivity index (χ3n) is 3.26. The van der Waals surface area contributed by atoms with E-state index in [2.05, 4.69) is 9.71 Å². The molecule has 0 spiro atoms. The average molecular weight is 370 g/mol. The molecule has 2 N–H and O–H groups in total. The van der Waals surface area contributed by atoms with Crippen LogP contribution in [0.3, 0.4) is 0 Å². The minimum Gasteiger partial charge on any atom is -0.497 e. The summed E-state index contributed by atoms with van der Waals surface area (Å²) in [5, 5.41) is 11.4. The van der Waals surface area contributed by atoms with Crippen LogP contribution in [0.2, 0.25) is 0 Å². The van der Waals surface area contributed by atoms with Crippen LogP contribution in [0, 0.1) is 0 Å². The number of carboxylic acids is 1. The zero-order valence-electron chi connectivity index (χ0n) is 13.4. The van der Waals surface area contributed by atoms with Gasteiger partial charge in [0, 0.05) is 11.6 Å². The highest BCUT2D eigenvalue weighted by Crippen LogP contribution is 2.27. The van der Waals surface area contributed by atoms with Crippen molar-refractivity contribution >= 4 is 27.3 Å². The Labute approximate surface area is 144 Å². The first-order valence-electron chi connectivity index (χ1n) is 6.98. The van der Waals surface area contributed by atoms with Crippen LogP contribution < -0.4 is 9.46 Å². The quantitative estimate of drug-likeness (QED) is 0.772. The largest absolute Gasteiger partial charge is 0.497 e. The Morgan fingerprint density at radius 3 is 2.67 bits per heavy atom. The Balaban J connectivity index is 2.43. The van der Waals surface area contributed by atoms with Gasteiger partial charge in [0.25, 0.3) is 0 Å². The van der Waals surface area contributed by atoms with Crippen molar-refractivity contribution in [2.75, 3.05) is 7.11 Å². The van der Waals surface area contributed by atoms with E-state index in [0.29, 0.717) is 10.8 Å². The smallest absolute Gasteiger partial charge is 0.307 e. The number of ether oxygens (including phenoxy) is 1. The van der Waals surface area contributed by atoms with Crippen molar-refractivity contribution in [3.05, 3.63) is 40.3 Å². The Hall–Kier alpha value is -1.97. The van der Waals surface area contributed by atoms with Gasteiger partial charge in [0.1, 0.15) is 10.8 Å². The van der Waals surface area contributed by atoms with E-state index in [1.807, 2.05) is 0 Å². The van der Waals surface area contributed by atoms with Gasteiger partial charge < -0.3 is 9.84 Å². The highest BCUT2D eigenvalue weighted by atomic mass is 32.2. The second kappa shape index (κ2) is 6.88. The molecule has 0 atom stereocenters. The van der Waals surface area contributed by atoms with Crippen molar-refractivity contribution in [3.63, 3.8) is 0 Å². The molecule has 7 nitrogen and oxygen atoms in total. The Morgan fingerprint density at radius 1 is 1.42 bits per heavy atom. The van der Waals surface area contributed by atoms with E-state index in [1.165, 1.54) is 36.6 Å². The normalized spacial score (nSPS) is 12.1. The molecule has 0 bridgehead atoms. The number of aliphatic carboxylic acids is 1. The summed E-state index contributed by atoms with van der Waals surface area (Å²) in [7, 11) is -2.52. The van der Waals surface area contributed by atoms with E-state index >= 15 is 0 Å². The van der Waals surface area contributed by atoms with Gasteiger partial charge in [0.05, 0.1) is 24.0 Å². The second-order valence-corrected chi connectivity index (χ2v) is 8.16. The number of carbonyl (C=O) groups is 1. The Bertz CT molecular complexity index is 830. The van der Waals surface area contributed by atoms with E-state index in [1.54, 1.807) is 25.4 Å². The van der Waals surface area contributed by atoms with E-state index in [9.17, 15) is 13.2 Å². The lowest BCUT2D eigenvalue weighted by Crippen LogP contribution is -2.41. The van der Waals surface area contributed by atoms with Crippen LogP contribution in [0.25, 0.3) is 0 Å². The van der Waals surface area contributed by atoms with Gasteiger partial charge in [-0.15, -0.1) is 11.3 Å². The second-order valence-electron chi connectivity index (χ2n) is 5.61. The van der Waals surface area contributed by atoms with Crippen LogP contribution in [0.5, 0.6) is 5.75 Å². The summed E-state index contributed by atoms with van der Waals surface area (Å²) in [6, 6.07) is 4.24. The van der Waals surface area contributed by atoms with Crippen LogP contribution in [0.4, 0.5) is 0 Å². The zero-order valence-corrected chi connectivity index (χ0v) is 15.1. The molecule has 0 radical (unpaired) electrons. The number of carboxylic acid groups (broad SMARTS) is 1. The highest BCUT2D eigenvalue weighted by Gasteiger charge is 2.31. The summed E-state index contributed by atoms with van der Waals surface area (Å²) in [5.74, 6) is -0.733. The predicted octanol–water partition coefficient (Wildman–Crippen LogP) is 1.99. The maximum absolute atomic E-state index is 12.8. The molecule has 130 valence electrons. The van der Waals surface area contributed by atoms with E-state index < -0.39 is 28.0 Å². The van der Waals surface area contributed by atoms with Crippen LogP contribution in [0.15, 0.2) is 34.7 Å². The first-order valence-corrected chi connectivity index (χ1v) is 9.34. The van der Waals surface area contributed by atoms with E-state index in [4.69, 9.17) is 9.84 Å². The molecule has 1 aromatic carbocycles. The average Bonchev–Trinajstić information content (AvgIpc) is 3.00. The fraction of sp³-hybridized carbons (Fsp3) is 0.333. The lowest BCUT2D eigenvalue weighted by Gasteiger charge is -2.24. The third-order valence-corrected chi connectivity index (χ3v) is 6.11. The topological polar surface area (TPSA) is 106 Å². The molecule has 0 fully saturated rings. The lowest BCUT2D eigenvalue weighted by atomic mass is 10.1. The molecule has 9 heteroatoms. The van der Waals surface area contributed by atoms with Gasteiger partial charge in [-0.25, -0.2) is 13.4 Å². The van der Waals surface area contributed by atoms with Gasteiger partial charge in [0.2, 0.25) is 10.0 Å². The first-order chi connectivity index (χ1) is 11.2. The minimum absolute atomic E-state index is 0.0877. The first kappa shape index (κ1) is 18.4. The molecule has 2 aromatic rings. The van der Waals surface area contributed by atoms with E-state index in [-0.39, 0.29) is 10.5 Å². The number of hydrogen-bond acceptors (Lipinski definition) is 6. The molecule has 0 saturated carbocycles. The van der Waals surface area contributed by atoms with Gasteiger partial charge in [-0.1, -0.05) is 0 Å². The highest BCUT2D eigenvalue weighted by molar-refractivity contribution is 7.89. The molecule has 0 unspecified atom stereocenters. The number of aromatic nitrogens is 1. The van der Waals surface area contributed by atoms with Gasteiger partial charge >= 0.3 is 5.97 Å². The molecule has 0 aliphatic rings. The van der Waals surface area contributed by atoms with Gasteiger partial charge in [0.15, 0.2) is 0 Å². The zero-order chi connectivity index (χ0) is 18.0. The number of benzene rings is 1. The SMILES string of the molecule is COc1ccc(S(=O)(=O)NC(C)(C)c2nccs2)c(CC(=O)O)c1. The minimum atomic E-state index is -3.95. The van der Waals surface area contributed by atoms with Gasteiger partial charge in [-0.2, -0.15) is 4.72 Å². The van der Waals surface area contributed by atoms with E-state index in [0.717, 1.165) is 0 Å². The standard InChI is InChI=1S/C15H18N2O5S2/c1-15(2,14-16-6-7-23-14)17-24(20,21)12-5-4-11(22-3)8-10(12)9-13(18)19/h4-8,17H,9H2,1-3H3,(H,18,19). The Morgan fingerprint density at radius 2 is 2.12 bits per heavy atom. The molecule has 1 aromatic heterocycles. The van der Waals surface area contributed by atoms with Crippen molar-refractivity contribution in [2.45, 2.75) is 30.7 Å². The third kappa shape index (κ3) is 4.11. The monoisotopic (exact) mass is 370 g/mol. The molecular weight excluding hydrogens is 352 g/mol. The number of methoxy groups -OCH3 is 1. The van der Waals surface area contributed by atoms with Crippen LogP contribution in [-0.4, -0.2) is 31.6 Å². The Kier molecular flexibility index (Phi) is 5.26. The molecule has 2 rings (SSSR count). The molecular formula is C15H18N2O5S2. The maximum Gasteiger partial charge on any atom is 0.307 e. The van der Waals surface area contributed by atoms with Crippen molar-refractivity contribution < 1.29 is 23.1 Å². The molecule has 0 aliphatic heterocycles. The number of sulfonamides is 1. The molecule has 24 heavy (non-hydrogen) atoms. The summed E-state index contributed by atoms with van der Waals surface area (Å²) in [6.45, 7) is 3.40. The van der Waals surface area contributed by atoms with Crippen LogP contribution >= 0.6 is 11.3 Å². The molecule has 0 aliphatic carbocycles. The number of thiazole rings is 1. The summed E-state index contributed by atoms with van der Waals surface area (Å²) in [6.07, 6.45) is 1.17.